The van der Waals surface area contributed by atoms with Crippen molar-refractivity contribution in [1.82, 2.24) is 10.2 Å². The van der Waals surface area contributed by atoms with Gasteiger partial charge in [-0.2, -0.15) is 0 Å². The Morgan fingerprint density at radius 1 is 1.00 bits per heavy atom. The van der Waals surface area contributed by atoms with Crippen LogP contribution in [0.1, 0.15) is 37.7 Å². The van der Waals surface area contributed by atoms with Crippen LogP contribution in [0.4, 0.5) is 5.69 Å². The minimum atomic E-state index is -1.22. The number of anilines is 1. The summed E-state index contributed by atoms with van der Waals surface area (Å²) < 4.78 is 17.4. The van der Waals surface area contributed by atoms with E-state index in [-0.39, 0.29) is 37.1 Å². The lowest BCUT2D eigenvalue weighted by atomic mass is 9.74. The molecule has 1 saturated carbocycles. The minimum absolute atomic E-state index is 0.0609. The maximum atomic E-state index is 14.2. The SMILES string of the molecule is O=C(Nc1ccc(Cl)cc1)[C@H]1[C@@H]2C=C[C@]3(O2)[C@@H]1C(=O)N(Cc1ccc2c(c1)OCO2)[C@H]3C(=O)NC1CCCCC1. The fourth-order valence-corrected chi connectivity index (χ4v) is 7.09. The van der Waals surface area contributed by atoms with Crippen molar-refractivity contribution in [1.29, 1.82) is 0 Å². The molecule has 208 valence electrons. The molecule has 5 aliphatic rings. The van der Waals surface area contributed by atoms with Gasteiger partial charge in [0.05, 0.1) is 17.9 Å². The van der Waals surface area contributed by atoms with Crippen LogP contribution in [-0.4, -0.2) is 53.2 Å². The molecule has 9 nitrogen and oxygen atoms in total. The first-order valence-corrected chi connectivity index (χ1v) is 14.2. The summed E-state index contributed by atoms with van der Waals surface area (Å²) in [4.78, 5) is 43.4. The Bertz CT molecular complexity index is 1390. The fourth-order valence-electron chi connectivity index (χ4n) is 6.96. The number of likely N-dealkylation sites (tertiary alicyclic amines) is 1. The second-order valence-electron chi connectivity index (χ2n) is 11.2. The molecule has 2 N–H and O–H groups in total. The van der Waals surface area contributed by atoms with Gasteiger partial charge in [0.15, 0.2) is 11.5 Å². The highest BCUT2D eigenvalue weighted by atomic mass is 35.5. The molecule has 1 aliphatic carbocycles. The number of amides is 3. The van der Waals surface area contributed by atoms with Crippen LogP contribution in [0.5, 0.6) is 11.5 Å². The fraction of sp³-hybridized carbons (Fsp3) is 0.433. The lowest BCUT2D eigenvalue weighted by molar-refractivity contribution is -0.142. The standard InChI is InChI=1S/C30H30ClN3O6/c31-18-7-9-20(10-8-18)32-27(35)24-22-12-13-30(40-22)25(24)29(37)34(15-17-6-11-21-23(14-17)39-16-38-21)26(30)28(36)33-19-4-2-1-3-5-19/h6-14,19,22,24-26H,1-5,15-16H2,(H,32,35)(H,33,36)/t22-,24-,25-,26-,30-/m0/s1. The Kier molecular flexibility index (Phi) is 6.24. The molecule has 4 heterocycles. The molecule has 0 aromatic heterocycles. The van der Waals surface area contributed by atoms with Crippen molar-refractivity contribution < 1.29 is 28.6 Å². The van der Waals surface area contributed by atoms with Crippen LogP contribution in [0.15, 0.2) is 54.6 Å². The second kappa shape index (κ2) is 9.82. The highest BCUT2D eigenvalue weighted by Gasteiger charge is 2.72. The summed E-state index contributed by atoms with van der Waals surface area (Å²) in [7, 11) is 0. The number of rotatable bonds is 6. The maximum absolute atomic E-state index is 14.2. The van der Waals surface area contributed by atoms with Crippen LogP contribution >= 0.6 is 11.6 Å². The number of ether oxygens (including phenoxy) is 3. The predicted octanol–water partition coefficient (Wildman–Crippen LogP) is 3.81. The van der Waals surface area contributed by atoms with Gasteiger partial charge in [-0.25, -0.2) is 0 Å². The third-order valence-corrected chi connectivity index (χ3v) is 9.03. The molecule has 3 fully saturated rings. The third-order valence-electron chi connectivity index (χ3n) is 8.78. The van der Waals surface area contributed by atoms with E-state index >= 15 is 0 Å². The van der Waals surface area contributed by atoms with Gasteiger partial charge in [-0.3, -0.25) is 14.4 Å². The van der Waals surface area contributed by atoms with E-state index in [0.29, 0.717) is 22.2 Å². The second-order valence-corrected chi connectivity index (χ2v) is 11.6. The van der Waals surface area contributed by atoms with Crippen molar-refractivity contribution in [3.8, 4) is 11.5 Å². The number of carbonyl (C=O) groups excluding carboxylic acids is 3. The van der Waals surface area contributed by atoms with Gasteiger partial charge in [-0.15, -0.1) is 0 Å². The molecule has 10 heteroatoms. The van der Waals surface area contributed by atoms with Crippen LogP contribution in [0.25, 0.3) is 0 Å². The number of nitrogens with zero attached hydrogens (tertiary/aromatic N) is 1. The highest BCUT2D eigenvalue weighted by molar-refractivity contribution is 6.30. The molecule has 2 saturated heterocycles. The molecular formula is C30H30ClN3O6. The molecule has 2 aromatic rings. The number of carbonyl (C=O) groups is 3. The van der Waals surface area contributed by atoms with Gasteiger partial charge in [-0.05, 0) is 54.8 Å². The number of hydrogen-bond acceptors (Lipinski definition) is 6. The van der Waals surface area contributed by atoms with Gasteiger partial charge < -0.3 is 29.7 Å². The summed E-state index contributed by atoms with van der Waals surface area (Å²) in [6.45, 7) is 0.313. The molecule has 4 aliphatic heterocycles. The Balaban J connectivity index is 1.21. The number of nitrogens with one attached hydrogen (secondary N) is 2. The van der Waals surface area contributed by atoms with Crippen molar-refractivity contribution in [3.63, 3.8) is 0 Å². The molecule has 2 aromatic carbocycles. The van der Waals surface area contributed by atoms with Crippen LogP contribution < -0.4 is 20.1 Å². The van der Waals surface area contributed by atoms with Crippen LogP contribution in [0.3, 0.4) is 0 Å². The first kappa shape index (κ1) is 25.4. The third kappa shape index (κ3) is 4.14. The molecular weight excluding hydrogens is 534 g/mol. The number of halogens is 1. The molecule has 5 atom stereocenters. The van der Waals surface area contributed by atoms with E-state index in [4.69, 9.17) is 25.8 Å². The average Bonchev–Trinajstić information content (AvgIpc) is 3.71. The van der Waals surface area contributed by atoms with Crippen LogP contribution in [0, 0.1) is 11.8 Å². The molecule has 0 unspecified atom stereocenters. The predicted molar refractivity (Wildman–Crippen MR) is 146 cm³/mol. The number of hydrogen-bond donors (Lipinski definition) is 2. The number of benzene rings is 2. The van der Waals surface area contributed by atoms with Crippen LogP contribution in [-0.2, 0) is 25.7 Å². The van der Waals surface area contributed by atoms with Crippen molar-refractivity contribution in [3.05, 3.63) is 65.2 Å². The average molecular weight is 564 g/mol. The summed E-state index contributed by atoms with van der Waals surface area (Å²) >= 11 is 6.00. The normalized spacial score (nSPS) is 30.0. The van der Waals surface area contributed by atoms with Gasteiger partial charge in [0, 0.05) is 23.3 Å². The van der Waals surface area contributed by atoms with Gasteiger partial charge >= 0.3 is 0 Å². The molecule has 7 rings (SSSR count). The Labute approximate surface area is 236 Å². The van der Waals surface area contributed by atoms with Gasteiger partial charge in [0.25, 0.3) is 0 Å². The van der Waals surface area contributed by atoms with E-state index < -0.39 is 29.6 Å². The van der Waals surface area contributed by atoms with E-state index in [1.54, 1.807) is 35.2 Å². The van der Waals surface area contributed by atoms with Crippen molar-refractivity contribution >= 4 is 35.0 Å². The van der Waals surface area contributed by atoms with E-state index in [9.17, 15) is 14.4 Å². The molecule has 0 radical (unpaired) electrons. The zero-order chi connectivity index (χ0) is 27.4. The lowest BCUT2D eigenvalue weighted by Gasteiger charge is -2.34. The summed E-state index contributed by atoms with van der Waals surface area (Å²) in [5.74, 6) is -1.21. The zero-order valence-electron chi connectivity index (χ0n) is 21.8. The summed E-state index contributed by atoms with van der Waals surface area (Å²) in [6, 6.07) is 11.4. The topological polar surface area (TPSA) is 106 Å². The van der Waals surface area contributed by atoms with E-state index in [1.165, 1.54) is 0 Å². The summed E-state index contributed by atoms with van der Waals surface area (Å²) in [5.41, 5.74) is 0.147. The van der Waals surface area contributed by atoms with Crippen LogP contribution in [0.2, 0.25) is 5.02 Å². The highest BCUT2D eigenvalue weighted by Crippen LogP contribution is 2.55. The minimum Gasteiger partial charge on any atom is -0.454 e. The molecule has 1 spiro atoms. The maximum Gasteiger partial charge on any atom is 0.246 e. The van der Waals surface area contributed by atoms with Gasteiger partial charge in [-0.1, -0.05) is 49.1 Å². The smallest absolute Gasteiger partial charge is 0.246 e. The van der Waals surface area contributed by atoms with Gasteiger partial charge in [0.1, 0.15) is 11.6 Å². The van der Waals surface area contributed by atoms with Crippen molar-refractivity contribution in [2.75, 3.05) is 12.1 Å². The zero-order valence-corrected chi connectivity index (χ0v) is 22.6. The first-order chi connectivity index (χ1) is 19.4. The van der Waals surface area contributed by atoms with Gasteiger partial charge in [0.2, 0.25) is 24.5 Å². The quantitative estimate of drug-likeness (QED) is 0.518. The van der Waals surface area contributed by atoms with E-state index in [0.717, 1.165) is 37.7 Å². The van der Waals surface area contributed by atoms with Crippen molar-refractivity contribution in [2.45, 2.75) is 62.4 Å². The summed E-state index contributed by atoms with van der Waals surface area (Å²) in [5, 5.41) is 6.68. The van der Waals surface area contributed by atoms with E-state index in [2.05, 4.69) is 10.6 Å². The Morgan fingerprint density at radius 2 is 1.77 bits per heavy atom. The van der Waals surface area contributed by atoms with E-state index in [1.807, 2.05) is 24.3 Å². The lowest BCUT2D eigenvalue weighted by Crippen LogP contribution is -2.56. The Morgan fingerprint density at radius 3 is 2.58 bits per heavy atom. The molecule has 3 amide bonds. The monoisotopic (exact) mass is 563 g/mol. The summed E-state index contributed by atoms with van der Waals surface area (Å²) in [6.07, 6.45) is 8.17. The molecule has 40 heavy (non-hydrogen) atoms. The molecule has 2 bridgehead atoms. The van der Waals surface area contributed by atoms with Crippen molar-refractivity contribution in [2.24, 2.45) is 11.8 Å². The first-order valence-electron chi connectivity index (χ1n) is 13.9. The largest absolute Gasteiger partial charge is 0.454 e. The number of fused-ring (bicyclic) bond motifs is 2. The Hall–Kier alpha value is -3.56.